The molecule has 0 bridgehead atoms. The molecule has 4 heteroatoms. The fourth-order valence-electron chi connectivity index (χ4n) is 4.54. The Morgan fingerprint density at radius 2 is 1.58 bits per heavy atom. The number of carboxylic acid groups (broad SMARTS) is 1. The van der Waals surface area contributed by atoms with E-state index in [0.29, 0.717) is 5.92 Å². The van der Waals surface area contributed by atoms with Crippen LogP contribution in [0.1, 0.15) is 92.9 Å². The second-order valence-corrected chi connectivity index (χ2v) is 7.50. The zero-order chi connectivity index (χ0) is 19.2. The van der Waals surface area contributed by atoms with Gasteiger partial charge >= 0.3 is 11.9 Å². The molecule has 1 aliphatic carbocycles. The number of carboxylic acids is 1. The first-order chi connectivity index (χ1) is 12.5. The van der Waals surface area contributed by atoms with Gasteiger partial charge in [-0.3, -0.25) is 0 Å². The van der Waals surface area contributed by atoms with Crippen LogP contribution in [0.4, 0.5) is 0 Å². The van der Waals surface area contributed by atoms with Crippen LogP contribution in [0.15, 0.2) is 24.3 Å². The van der Waals surface area contributed by atoms with Crippen LogP contribution in [-0.2, 0) is 4.74 Å². The third-order valence-electron chi connectivity index (χ3n) is 6.41. The van der Waals surface area contributed by atoms with Crippen molar-refractivity contribution < 1.29 is 19.4 Å². The van der Waals surface area contributed by atoms with Gasteiger partial charge in [0.15, 0.2) is 0 Å². The Kier molecular flexibility index (Phi) is 7.24. The molecule has 1 atom stereocenters. The first-order valence-electron chi connectivity index (χ1n) is 10.0. The van der Waals surface area contributed by atoms with E-state index in [9.17, 15) is 14.7 Å². The van der Waals surface area contributed by atoms with Crippen molar-refractivity contribution in [1.82, 2.24) is 0 Å². The van der Waals surface area contributed by atoms with Gasteiger partial charge < -0.3 is 9.84 Å². The predicted molar refractivity (Wildman–Crippen MR) is 102 cm³/mol. The van der Waals surface area contributed by atoms with Crippen molar-refractivity contribution in [2.75, 3.05) is 0 Å². The summed E-state index contributed by atoms with van der Waals surface area (Å²) in [5.74, 6) is -1.23. The molecule has 0 amide bonds. The summed E-state index contributed by atoms with van der Waals surface area (Å²) in [6, 6.07) is 6.33. The van der Waals surface area contributed by atoms with Crippen molar-refractivity contribution in [2.45, 2.75) is 78.2 Å². The zero-order valence-electron chi connectivity index (χ0n) is 16.3. The maximum Gasteiger partial charge on any atom is 0.339 e. The van der Waals surface area contributed by atoms with Gasteiger partial charge in [0, 0.05) is 5.41 Å². The highest BCUT2D eigenvalue weighted by molar-refractivity contribution is 6.02. The molecule has 2 rings (SSSR count). The van der Waals surface area contributed by atoms with Gasteiger partial charge in [-0.1, -0.05) is 52.2 Å². The number of esters is 1. The van der Waals surface area contributed by atoms with Crippen LogP contribution in [0.3, 0.4) is 0 Å². The third-order valence-corrected chi connectivity index (χ3v) is 6.41. The molecule has 1 aromatic rings. The molecule has 0 aliphatic heterocycles. The lowest BCUT2D eigenvalue weighted by atomic mass is 9.67. The van der Waals surface area contributed by atoms with Gasteiger partial charge in [0.25, 0.3) is 0 Å². The summed E-state index contributed by atoms with van der Waals surface area (Å²) in [6.07, 6.45) is 8.47. The van der Waals surface area contributed by atoms with Crippen molar-refractivity contribution >= 4 is 11.9 Å². The van der Waals surface area contributed by atoms with E-state index < -0.39 is 11.9 Å². The van der Waals surface area contributed by atoms with Gasteiger partial charge in [-0.05, 0) is 50.2 Å². The highest BCUT2D eigenvalue weighted by Crippen LogP contribution is 2.44. The van der Waals surface area contributed by atoms with Crippen LogP contribution < -0.4 is 0 Å². The van der Waals surface area contributed by atoms with E-state index in [2.05, 4.69) is 20.8 Å². The van der Waals surface area contributed by atoms with Crippen molar-refractivity contribution in [3.8, 4) is 0 Å². The maximum absolute atomic E-state index is 12.9. The Hall–Kier alpha value is -1.84. The SMILES string of the molecule is CCC(CC)(CC)C(OC(=O)c1ccccc1C(=O)O)C1CCCCC1. The maximum atomic E-state index is 12.9. The fourth-order valence-corrected chi connectivity index (χ4v) is 4.54. The van der Waals surface area contributed by atoms with Gasteiger partial charge in [0.2, 0.25) is 0 Å². The first kappa shape index (κ1) is 20.5. The second kappa shape index (κ2) is 9.20. The smallest absolute Gasteiger partial charge is 0.339 e. The number of hydrogen-bond acceptors (Lipinski definition) is 3. The number of carbonyl (C=O) groups is 2. The van der Waals surface area contributed by atoms with E-state index in [1.54, 1.807) is 18.2 Å². The molecule has 1 saturated carbocycles. The van der Waals surface area contributed by atoms with Crippen LogP contribution >= 0.6 is 0 Å². The number of ether oxygens (including phenoxy) is 1. The summed E-state index contributed by atoms with van der Waals surface area (Å²) in [5.41, 5.74) is 0.114. The van der Waals surface area contributed by atoms with Gasteiger partial charge in [-0.25, -0.2) is 9.59 Å². The minimum atomic E-state index is -1.10. The monoisotopic (exact) mass is 360 g/mol. The minimum absolute atomic E-state index is 0.00925. The van der Waals surface area contributed by atoms with Crippen molar-refractivity contribution in [1.29, 1.82) is 0 Å². The third kappa shape index (κ3) is 4.28. The summed E-state index contributed by atoms with van der Waals surface area (Å²) >= 11 is 0. The lowest BCUT2D eigenvalue weighted by Crippen LogP contribution is -2.43. The summed E-state index contributed by atoms with van der Waals surface area (Å²) < 4.78 is 6.10. The van der Waals surface area contributed by atoms with Crippen LogP contribution in [0.2, 0.25) is 0 Å². The van der Waals surface area contributed by atoms with Crippen LogP contribution in [0.5, 0.6) is 0 Å². The fraction of sp³-hybridized carbons (Fsp3) is 0.636. The van der Waals surface area contributed by atoms with Crippen LogP contribution in [0.25, 0.3) is 0 Å². The van der Waals surface area contributed by atoms with Gasteiger partial charge in [-0.15, -0.1) is 0 Å². The molecule has 0 aromatic heterocycles. The summed E-state index contributed by atoms with van der Waals surface area (Å²) in [7, 11) is 0. The quantitative estimate of drug-likeness (QED) is 0.603. The normalized spacial score (nSPS) is 16.9. The molecule has 1 N–H and O–H groups in total. The number of rotatable bonds is 8. The summed E-state index contributed by atoms with van der Waals surface area (Å²) in [4.78, 5) is 24.4. The molecule has 0 spiro atoms. The topological polar surface area (TPSA) is 63.6 Å². The number of carbonyl (C=O) groups excluding carboxylic acids is 1. The Labute approximate surface area is 156 Å². The Balaban J connectivity index is 2.34. The van der Waals surface area contributed by atoms with E-state index in [-0.39, 0.29) is 22.6 Å². The van der Waals surface area contributed by atoms with Crippen molar-refractivity contribution in [2.24, 2.45) is 11.3 Å². The zero-order valence-corrected chi connectivity index (χ0v) is 16.3. The standard InChI is InChI=1S/C22H32O4/c1-4-22(5-2,6-3)19(16-12-8-7-9-13-16)26-21(25)18-15-11-10-14-17(18)20(23)24/h10-11,14-16,19H,4-9,12-13H2,1-3H3,(H,23,24). The largest absolute Gasteiger partial charge is 0.478 e. The number of benzene rings is 1. The number of aromatic carboxylic acids is 1. The van der Waals surface area contributed by atoms with E-state index in [4.69, 9.17) is 4.74 Å². The van der Waals surface area contributed by atoms with E-state index in [1.165, 1.54) is 25.3 Å². The molecule has 144 valence electrons. The molecule has 0 radical (unpaired) electrons. The van der Waals surface area contributed by atoms with E-state index in [1.807, 2.05) is 0 Å². The number of hydrogen-bond donors (Lipinski definition) is 1. The molecular weight excluding hydrogens is 328 g/mol. The lowest BCUT2D eigenvalue weighted by molar-refractivity contribution is -0.0612. The van der Waals surface area contributed by atoms with Crippen LogP contribution in [0, 0.1) is 11.3 Å². The average Bonchev–Trinajstić information content (AvgIpc) is 2.69. The molecule has 1 aromatic carbocycles. The summed E-state index contributed by atoms with van der Waals surface area (Å²) in [5, 5.41) is 9.39. The summed E-state index contributed by atoms with van der Waals surface area (Å²) in [6.45, 7) is 6.51. The molecule has 1 fully saturated rings. The lowest BCUT2D eigenvalue weighted by Gasteiger charge is -2.43. The van der Waals surface area contributed by atoms with E-state index >= 15 is 0 Å². The molecule has 1 unspecified atom stereocenters. The molecule has 0 saturated heterocycles. The Morgan fingerprint density at radius 3 is 2.08 bits per heavy atom. The average molecular weight is 360 g/mol. The molecule has 1 aliphatic rings. The van der Waals surface area contributed by atoms with Crippen molar-refractivity contribution in [3.05, 3.63) is 35.4 Å². The van der Waals surface area contributed by atoms with Gasteiger partial charge in [-0.2, -0.15) is 0 Å². The second-order valence-electron chi connectivity index (χ2n) is 7.50. The molecule has 4 nitrogen and oxygen atoms in total. The van der Waals surface area contributed by atoms with Crippen molar-refractivity contribution in [3.63, 3.8) is 0 Å². The molecule has 26 heavy (non-hydrogen) atoms. The van der Waals surface area contributed by atoms with E-state index in [0.717, 1.165) is 32.1 Å². The highest BCUT2D eigenvalue weighted by atomic mass is 16.5. The highest BCUT2D eigenvalue weighted by Gasteiger charge is 2.42. The van der Waals surface area contributed by atoms with Crippen LogP contribution in [-0.4, -0.2) is 23.1 Å². The first-order valence-corrected chi connectivity index (χ1v) is 10.0. The van der Waals surface area contributed by atoms with Gasteiger partial charge in [0.05, 0.1) is 11.1 Å². The molecular formula is C22H32O4. The Bertz CT molecular complexity index is 604. The predicted octanol–water partition coefficient (Wildman–Crippen LogP) is 5.71. The molecule has 0 heterocycles. The Morgan fingerprint density at radius 1 is 1.04 bits per heavy atom. The minimum Gasteiger partial charge on any atom is -0.478 e. The van der Waals surface area contributed by atoms with Gasteiger partial charge in [0.1, 0.15) is 6.10 Å².